The molecule has 0 radical (unpaired) electrons. The first-order chi connectivity index (χ1) is 7.81. The van der Waals surface area contributed by atoms with Gasteiger partial charge in [-0.3, -0.25) is 0 Å². The summed E-state index contributed by atoms with van der Waals surface area (Å²) in [7, 11) is 0. The van der Waals surface area contributed by atoms with E-state index in [2.05, 4.69) is 34.1 Å². The normalized spacial score (nSPS) is 10.3. The molecule has 0 bridgehead atoms. The smallest absolute Gasteiger partial charge is 0.205 e. The molecule has 0 spiro atoms. The maximum atomic E-state index is 4.09. The molecule has 6 heteroatoms. The van der Waals surface area contributed by atoms with Gasteiger partial charge < -0.3 is 5.32 Å². The molecule has 0 amide bonds. The van der Waals surface area contributed by atoms with Crippen LogP contribution >= 0.6 is 11.3 Å². The van der Waals surface area contributed by atoms with Crippen LogP contribution in [0.1, 0.15) is 17.5 Å². The second-order valence-corrected chi connectivity index (χ2v) is 4.28. The summed E-state index contributed by atoms with van der Waals surface area (Å²) in [6, 6.07) is 0. The molecule has 5 nitrogen and oxygen atoms in total. The molecule has 16 heavy (non-hydrogen) atoms. The summed E-state index contributed by atoms with van der Waals surface area (Å²) in [5.41, 5.74) is 1.09. The number of nitrogens with zero attached hydrogens (tertiary/aromatic N) is 4. The average Bonchev–Trinajstić information content (AvgIpc) is 2.95. The summed E-state index contributed by atoms with van der Waals surface area (Å²) >= 11 is 1.58. The minimum atomic E-state index is 0.701. The van der Waals surface area contributed by atoms with E-state index in [1.807, 2.05) is 6.20 Å². The largest absolute Gasteiger partial charge is 0.356 e. The van der Waals surface area contributed by atoms with Gasteiger partial charge in [0, 0.05) is 24.5 Å². The molecule has 0 aromatic carbocycles. The van der Waals surface area contributed by atoms with Gasteiger partial charge in [0.25, 0.3) is 0 Å². The number of nitrogens with one attached hydrogen (secondary N) is 1. The van der Waals surface area contributed by atoms with Gasteiger partial charge >= 0.3 is 0 Å². The lowest BCUT2D eigenvalue weighted by Gasteiger charge is -1.97. The summed E-state index contributed by atoms with van der Waals surface area (Å²) in [5.74, 6) is 0. The first-order valence-electron chi connectivity index (χ1n) is 5.03. The van der Waals surface area contributed by atoms with Gasteiger partial charge in [0.2, 0.25) is 5.13 Å². The minimum Gasteiger partial charge on any atom is -0.356 e. The van der Waals surface area contributed by atoms with Gasteiger partial charge in [0.05, 0.1) is 6.20 Å². The zero-order valence-corrected chi connectivity index (χ0v) is 9.87. The zero-order valence-electron chi connectivity index (χ0n) is 9.05. The lowest BCUT2D eigenvalue weighted by molar-refractivity contribution is 0.936. The molecule has 0 fully saturated rings. The average molecular weight is 235 g/mol. The molecule has 1 N–H and O–H groups in total. The van der Waals surface area contributed by atoms with Gasteiger partial charge in [0.15, 0.2) is 0 Å². The van der Waals surface area contributed by atoms with E-state index in [-0.39, 0.29) is 0 Å². The van der Waals surface area contributed by atoms with Crippen molar-refractivity contribution >= 4 is 22.7 Å². The third-order valence-corrected chi connectivity index (χ3v) is 3.08. The van der Waals surface area contributed by atoms with Crippen LogP contribution in [0.25, 0.3) is 6.20 Å². The molecule has 0 atom stereocenters. The molecular formula is C10H13N5S. The quantitative estimate of drug-likeness (QED) is 0.861. The van der Waals surface area contributed by atoms with Gasteiger partial charge in [-0.25, -0.2) is 4.68 Å². The van der Waals surface area contributed by atoms with Crippen molar-refractivity contribution in [2.45, 2.75) is 19.9 Å². The van der Waals surface area contributed by atoms with Crippen molar-refractivity contribution in [2.75, 3.05) is 5.32 Å². The predicted octanol–water partition coefficient (Wildman–Crippen LogP) is 2.01. The van der Waals surface area contributed by atoms with Crippen molar-refractivity contribution in [1.82, 2.24) is 20.0 Å². The second-order valence-electron chi connectivity index (χ2n) is 3.22. The fourth-order valence-electron chi connectivity index (χ4n) is 1.21. The van der Waals surface area contributed by atoms with Crippen LogP contribution in [0.2, 0.25) is 0 Å². The number of aryl methyl sites for hydroxylation is 1. The van der Waals surface area contributed by atoms with E-state index in [1.165, 1.54) is 0 Å². The Morgan fingerprint density at radius 2 is 2.44 bits per heavy atom. The molecule has 0 aliphatic carbocycles. The topological polar surface area (TPSA) is 55.6 Å². The molecule has 0 aliphatic rings. The number of aromatic nitrogens is 4. The van der Waals surface area contributed by atoms with Crippen molar-refractivity contribution in [3.63, 3.8) is 0 Å². The van der Waals surface area contributed by atoms with E-state index < -0.39 is 0 Å². The minimum absolute atomic E-state index is 0.701. The highest BCUT2D eigenvalue weighted by Gasteiger charge is 2.02. The molecule has 0 saturated heterocycles. The molecule has 0 aliphatic heterocycles. The zero-order chi connectivity index (χ0) is 11.4. The van der Waals surface area contributed by atoms with Crippen LogP contribution in [0.5, 0.6) is 0 Å². The Morgan fingerprint density at radius 1 is 1.56 bits per heavy atom. The van der Waals surface area contributed by atoms with Crippen molar-refractivity contribution < 1.29 is 0 Å². The van der Waals surface area contributed by atoms with E-state index in [1.54, 1.807) is 28.4 Å². The first kappa shape index (κ1) is 10.8. The van der Waals surface area contributed by atoms with Crippen LogP contribution in [-0.4, -0.2) is 20.0 Å². The summed E-state index contributed by atoms with van der Waals surface area (Å²) < 4.78 is 1.68. The molecular weight excluding hydrogens is 222 g/mol. The first-order valence-corrected chi connectivity index (χ1v) is 5.85. The van der Waals surface area contributed by atoms with Gasteiger partial charge in [-0.1, -0.05) is 24.8 Å². The molecule has 2 aromatic heterocycles. The van der Waals surface area contributed by atoms with Gasteiger partial charge in [0.1, 0.15) is 5.01 Å². The van der Waals surface area contributed by atoms with Crippen LogP contribution in [0.3, 0.4) is 0 Å². The molecule has 0 saturated carbocycles. The Kier molecular flexibility index (Phi) is 3.31. The van der Waals surface area contributed by atoms with E-state index in [4.69, 9.17) is 0 Å². The summed E-state index contributed by atoms with van der Waals surface area (Å²) in [5, 5.41) is 17.3. The summed E-state index contributed by atoms with van der Waals surface area (Å²) in [6.45, 7) is 6.41. The predicted molar refractivity (Wildman–Crippen MR) is 65.2 cm³/mol. The van der Waals surface area contributed by atoms with Crippen molar-refractivity contribution in [3.05, 3.63) is 29.5 Å². The monoisotopic (exact) mass is 235 g/mol. The van der Waals surface area contributed by atoms with Crippen LogP contribution in [0.4, 0.5) is 5.13 Å². The van der Waals surface area contributed by atoms with Gasteiger partial charge in [-0.15, -0.1) is 10.2 Å². The Hall–Kier alpha value is -1.69. The fraction of sp³-hybridized carbons (Fsp3) is 0.300. The number of hydrogen-bond donors (Lipinski definition) is 1. The Labute approximate surface area is 97.8 Å². The number of hydrogen-bond acceptors (Lipinski definition) is 5. The van der Waals surface area contributed by atoms with Gasteiger partial charge in [-0.05, 0) is 6.42 Å². The molecule has 0 unspecified atom stereocenters. The fourth-order valence-corrected chi connectivity index (χ4v) is 1.89. The Balaban J connectivity index is 1.93. The lowest BCUT2D eigenvalue weighted by atomic mass is 10.4. The van der Waals surface area contributed by atoms with Crippen LogP contribution in [-0.2, 0) is 13.0 Å². The third-order valence-electron chi connectivity index (χ3n) is 2.06. The second kappa shape index (κ2) is 4.89. The lowest BCUT2D eigenvalue weighted by Crippen LogP contribution is -1.97. The maximum absolute atomic E-state index is 4.09. The van der Waals surface area contributed by atoms with E-state index in [0.717, 1.165) is 22.1 Å². The number of rotatable bonds is 5. The highest BCUT2D eigenvalue weighted by molar-refractivity contribution is 7.15. The van der Waals surface area contributed by atoms with Crippen LogP contribution in [0.15, 0.2) is 19.0 Å². The standard InChI is InChI=1S/C10H13N5S/c1-3-9-13-14-10(16-9)11-5-8-6-12-15(4-2)7-8/h4,6-7H,2-3,5H2,1H3,(H,11,14). The van der Waals surface area contributed by atoms with Crippen molar-refractivity contribution in [2.24, 2.45) is 0 Å². The summed E-state index contributed by atoms with van der Waals surface area (Å²) in [4.78, 5) is 0. The number of anilines is 1. The molecule has 2 rings (SSSR count). The Morgan fingerprint density at radius 3 is 3.06 bits per heavy atom. The third kappa shape index (κ3) is 2.46. The van der Waals surface area contributed by atoms with Crippen LogP contribution in [0, 0.1) is 0 Å². The molecule has 84 valence electrons. The van der Waals surface area contributed by atoms with Crippen molar-refractivity contribution in [3.8, 4) is 0 Å². The highest BCUT2D eigenvalue weighted by atomic mass is 32.1. The van der Waals surface area contributed by atoms with Gasteiger partial charge in [-0.2, -0.15) is 5.10 Å². The maximum Gasteiger partial charge on any atom is 0.205 e. The van der Waals surface area contributed by atoms with E-state index in [9.17, 15) is 0 Å². The summed E-state index contributed by atoms with van der Waals surface area (Å²) in [6.07, 6.45) is 6.30. The van der Waals surface area contributed by atoms with E-state index >= 15 is 0 Å². The SMILES string of the molecule is C=Cn1cc(CNc2nnc(CC)s2)cn1. The molecule has 2 heterocycles. The van der Waals surface area contributed by atoms with Crippen molar-refractivity contribution in [1.29, 1.82) is 0 Å². The van der Waals surface area contributed by atoms with Crippen LogP contribution < -0.4 is 5.32 Å². The van der Waals surface area contributed by atoms with E-state index in [0.29, 0.717) is 6.54 Å². The molecule has 2 aromatic rings. The Bertz CT molecular complexity index is 473. The highest BCUT2D eigenvalue weighted by Crippen LogP contribution is 2.16.